The lowest BCUT2D eigenvalue weighted by molar-refractivity contribution is -0.116. The summed E-state index contributed by atoms with van der Waals surface area (Å²) in [5.74, 6) is 0.264. The van der Waals surface area contributed by atoms with Crippen molar-refractivity contribution in [1.29, 1.82) is 0 Å². The van der Waals surface area contributed by atoms with Gasteiger partial charge in [0.1, 0.15) is 27.9 Å². The maximum Gasteiger partial charge on any atom is 0.341 e. The maximum absolute atomic E-state index is 13.3. The second-order valence-corrected chi connectivity index (χ2v) is 8.14. The van der Waals surface area contributed by atoms with E-state index in [2.05, 4.69) is 5.32 Å². The van der Waals surface area contributed by atoms with Crippen LogP contribution >= 0.6 is 11.3 Å². The summed E-state index contributed by atoms with van der Waals surface area (Å²) < 4.78 is 29.0. The predicted molar refractivity (Wildman–Crippen MR) is 122 cm³/mol. The van der Waals surface area contributed by atoms with E-state index in [1.165, 1.54) is 30.6 Å². The standard InChI is InChI=1S/C24H24FNO5S/c1-15-21(16-6-8-17(25)9-7-16)22(24(28)30-3)23(32-15)26-20(27)5-4-14-31-19-12-10-18(29-2)11-13-19/h6-13H,4-5,14H2,1-3H3,(H,26,27). The molecular formula is C24H24FNO5S. The lowest BCUT2D eigenvalue weighted by Crippen LogP contribution is -2.14. The van der Waals surface area contributed by atoms with Crippen LogP contribution in [0.15, 0.2) is 48.5 Å². The van der Waals surface area contributed by atoms with E-state index in [4.69, 9.17) is 14.2 Å². The van der Waals surface area contributed by atoms with Crippen molar-refractivity contribution in [1.82, 2.24) is 0 Å². The van der Waals surface area contributed by atoms with Gasteiger partial charge >= 0.3 is 5.97 Å². The Bertz CT molecular complexity index is 1080. The molecule has 1 heterocycles. The molecule has 0 aliphatic rings. The van der Waals surface area contributed by atoms with Crippen LogP contribution < -0.4 is 14.8 Å². The van der Waals surface area contributed by atoms with Gasteiger partial charge in [-0.3, -0.25) is 4.79 Å². The van der Waals surface area contributed by atoms with Crippen molar-refractivity contribution >= 4 is 28.2 Å². The van der Waals surface area contributed by atoms with Crippen LogP contribution in [-0.4, -0.2) is 32.7 Å². The molecule has 32 heavy (non-hydrogen) atoms. The molecule has 3 aromatic rings. The average molecular weight is 458 g/mol. The van der Waals surface area contributed by atoms with Gasteiger partial charge in [0.05, 0.1) is 20.8 Å². The molecule has 0 bridgehead atoms. The van der Waals surface area contributed by atoms with Gasteiger partial charge in [0.2, 0.25) is 5.91 Å². The maximum atomic E-state index is 13.3. The van der Waals surface area contributed by atoms with Gasteiger partial charge in [-0.15, -0.1) is 11.3 Å². The Balaban J connectivity index is 1.65. The zero-order valence-electron chi connectivity index (χ0n) is 18.1. The minimum Gasteiger partial charge on any atom is -0.497 e. The van der Waals surface area contributed by atoms with Crippen molar-refractivity contribution < 1.29 is 28.2 Å². The highest BCUT2D eigenvalue weighted by atomic mass is 32.1. The first-order valence-electron chi connectivity index (χ1n) is 9.97. The first kappa shape index (κ1) is 23.3. The molecule has 0 atom stereocenters. The third kappa shape index (κ3) is 5.64. The fourth-order valence-corrected chi connectivity index (χ4v) is 4.26. The summed E-state index contributed by atoms with van der Waals surface area (Å²) in [6.45, 7) is 2.21. The third-order valence-electron chi connectivity index (χ3n) is 4.74. The summed E-state index contributed by atoms with van der Waals surface area (Å²) in [5.41, 5.74) is 1.57. The van der Waals surface area contributed by atoms with Crippen molar-refractivity contribution in [3.05, 3.63) is 64.8 Å². The number of amides is 1. The minimum atomic E-state index is -0.563. The van der Waals surface area contributed by atoms with Gasteiger partial charge in [-0.1, -0.05) is 12.1 Å². The first-order chi connectivity index (χ1) is 15.4. The molecule has 0 aliphatic heterocycles. The number of aryl methyl sites for hydroxylation is 1. The fourth-order valence-electron chi connectivity index (χ4n) is 3.18. The fraction of sp³-hybridized carbons (Fsp3) is 0.250. The van der Waals surface area contributed by atoms with Gasteiger partial charge in [-0.25, -0.2) is 9.18 Å². The van der Waals surface area contributed by atoms with Gasteiger partial charge in [0.15, 0.2) is 0 Å². The summed E-state index contributed by atoms with van der Waals surface area (Å²) in [7, 11) is 2.88. The predicted octanol–water partition coefficient (Wildman–Crippen LogP) is 5.46. The highest BCUT2D eigenvalue weighted by Gasteiger charge is 2.25. The number of nitrogens with one attached hydrogen (secondary N) is 1. The smallest absolute Gasteiger partial charge is 0.341 e. The molecule has 8 heteroatoms. The Labute approximate surface area is 189 Å². The Hall–Kier alpha value is -3.39. The topological polar surface area (TPSA) is 73.9 Å². The van der Waals surface area contributed by atoms with Crippen molar-refractivity contribution in [2.45, 2.75) is 19.8 Å². The summed E-state index contributed by atoms with van der Waals surface area (Å²) in [6, 6.07) is 13.0. The van der Waals surface area contributed by atoms with Crippen LogP contribution in [-0.2, 0) is 9.53 Å². The number of carbonyl (C=O) groups is 2. The highest BCUT2D eigenvalue weighted by Crippen LogP contribution is 2.40. The largest absolute Gasteiger partial charge is 0.497 e. The van der Waals surface area contributed by atoms with E-state index in [0.717, 1.165) is 10.6 Å². The van der Waals surface area contributed by atoms with Crippen LogP contribution in [0.2, 0.25) is 0 Å². The quantitative estimate of drug-likeness (QED) is 0.341. The number of rotatable bonds is 9. The summed E-state index contributed by atoms with van der Waals surface area (Å²) >= 11 is 1.28. The van der Waals surface area contributed by atoms with E-state index in [0.29, 0.717) is 34.9 Å². The van der Waals surface area contributed by atoms with E-state index < -0.39 is 5.97 Å². The van der Waals surface area contributed by atoms with Crippen LogP contribution in [0, 0.1) is 12.7 Å². The number of thiophene rings is 1. The third-order valence-corrected chi connectivity index (χ3v) is 5.76. The number of halogens is 1. The Morgan fingerprint density at radius 2 is 1.66 bits per heavy atom. The van der Waals surface area contributed by atoms with E-state index in [1.807, 2.05) is 6.92 Å². The molecule has 0 aliphatic carbocycles. The number of hydrogen-bond donors (Lipinski definition) is 1. The molecule has 1 aromatic heterocycles. The van der Waals surface area contributed by atoms with E-state index >= 15 is 0 Å². The number of methoxy groups -OCH3 is 2. The second kappa shape index (κ2) is 10.8. The van der Waals surface area contributed by atoms with E-state index in [9.17, 15) is 14.0 Å². The van der Waals surface area contributed by atoms with E-state index in [1.54, 1.807) is 43.5 Å². The van der Waals surface area contributed by atoms with Crippen molar-refractivity contribution in [2.75, 3.05) is 26.1 Å². The van der Waals surface area contributed by atoms with E-state index in [-0.39, 0.29) is 23.7 Å². The molecular weight excluding hydrogens is 433 g/mol. The number of benzene rings is 2. The summed E-state index contributed by atoms with van der Waals surface area (Å²) in [5, 5.41) is 3.23. The minimum absolute atomic E-state index is 0.222. The molecule has 0 saturated heterocycles. The van der Waals surface area contributed by atoms with Gasteiger partial charge in [0, 0.05) is 16.9 Å². The molecule has 0 unspecified atom stereocenters. The lowest BCUT2D eigenvalue weighted by Gasteiger charge is -2.09. The zero-order chi connectivity index (χ0) is 23.1. The molecule has 2 aromatic carbocycles. The summed E-state index contributed by atoms with van der Waals surface area (Å²) in [4.78, 5) is 25.8. The molecule has 1 amide bonds. The molecule has 0 fully saturated rings. The molecule has 0 saturated carbocycles. The van der Waals surface area contributed by atoms with Crippen LogP contribution in [0.4, 0.5) is 9.39 Å². The SMILES string of the molecule is COC(=O)c1c(NC(=O)CCCOc2ccc(OC)cc2)sc(C)c1-c1ccc(F)cc1. The Morgan fingerprint density at radius 1 is 1.00 bits per heavy atom. The number of carbonyl (C=O) groups excluding carboxylic acids is 2. The van der Waals surface area contributed by atoms with Crippen LogP contribution in [0.3, 0.4) is 0 Å². The van der Waals surface area contributed by atoms with Crippen molar-refractivity contribution in [2.24, 2.45) is 0 Å². The molecule has 168 valence electrons. The molecule has 1 N–H and O–H groups in total. The normalized spacial score (nSPS) is 10.5. The van der Waals surface area contributed by atoms with Crippen LogP contribution in [0.1, 0.15) is 28.1 Å². The van der Waals surface area contributed by atoms with Gasteiger partial charge < -0.3 is 19.5 Å². The van der Waals surface area contributed by atoms with Crippen molar-refractivity contribution in [3.63, 3.8) is 0 Å². The number of ether oxygens (including phenoxy) is 3. The molecule has 6 nitrogen and oxygen atoms in total. The lowest BCUT2D eigenvalue weighted by atomic mass is 10.0. The number of anilines is 1. The summed E-state index contributed by atoms with van der Waals surface area (Å²) in [6.07, 6.45) is 0.722. The van der Waals surface area contributed by atoms with Gasteiger partial charge in [0.25, 0.3) is 0 Å². The van der Waals surface area contributed by atoms with Gasteiger partial charge in [-0.05, 0) is 55.3 Å². The average Bonchev–Trinajstić information content (AvgIpc) is 3.12. The number of esters is 1. The molecule has 0 radical (unpaired) electrons. The number of hydrogen-bond acceptors (Lipinski definition) is 6. The van der Waals surface area contributed by atoms with Crippen LogP contribution in [0.5, 0.6) is 11.5 Å². The Morgan fingerprint density at radius 3 is 2.28 bits per heavy atom. The Kier molecular flexibility index (Phi) is 7.83. The zero-order valence-corrected chi connectivity index (χ0v) is 18.9. The van der Waals surface area contributed by atoms with Gasteiger partial charge in [-0.2, -0.15) is 0 Å². The monoisotopic (exact) mass is 457 g/mol. The second-order valence-electron chi connectivity index (χ2n) is 6.91. The first-order valence-corrected chi connectivity index (χ1v) is 10.8. The molecule has 3 rings (SSSR count). The van der Waals surface area contributed by atoms with Crippen LogP contribution in [0.25, 0.3) is 11.1 Å². The van der Waals surface area contributed by atoms with Crippen molar-refractivity contribution in [3.8, 4) is 22.6 Å². The molecule has 0 spiro atoms. The highest BCUT2D eigenvalue weighted by molar-refractivity contribution is 7.17.